The normalized spacial score (nSPS) is 11.9. The van der Waals surface area contributed by atoms with Gasteiger partial charge in [0, 0.05) is 5.57 Å². The van der Waals surface area contributed by atoms with E-state index in [1.807, 2.05) is 6.20 Å². The molecule has 0 aliphatic rings. The molecule has 1 heterocycles. The minimum atomic E-state index is 1.05. The lowest BCUT2D eigenvalue weighted by Crippen LogP contribution is -1.89. The first kappa shape index (κ1) is 10.8. The Morgan fingerprint density at radius 3 is 2.72 bits per heavy atom. The molecule has 0 bridgehead atoms. The topological polar surface area (TPSA) is 28.7 Å². The highest BCUT2D eigenvalue weighted by Gasteiger charge is 2.08. The lowest BCUT2D eigenvalue weighted by Gasteiger charge is -2.09. The van der Waals surface area contributed by atoms with Crippen molar-refractivity contribution in [1.82, 2.24) is 9.97 Å². The van der Waals surface area contributed by atoms with Crippen molar-refractivity contribution >= 4 is 16.3 Å². The van der Waals surface area contributed by atoms with Crippen LogP contribution >= 0.6 is 0 Å². The second kappa shape index (κ2) is 4.49. The minimum absolute atomic E-state index is 1.05. The third-order valence-electron chi connectivity index (χ3n) is 3.16. The van der Waals surface area contributed by atoms with Crippen LogP contribution in [-0.2, 0) is 0 Å². The summed E-state index contributed by atoms with van der Waals surface area (Å²) in [7, 11) is 0. The quantitative estimate of drug-likeness (QED) is 0.713. The minimum Gasteiger partial charge on any atom is -0.345 e. The van der Waals surface area contributed by atoms with E-state index in [1.165, 1.54) is 21.9 Å². The van der Waals surface area contributed by atoms with Crippen molar-refractivity contribution in [1.29, 1.82) is 0 Å². The Labute approximate surface area is 106 Å². The van der Waals surface area contributed by atoms with E-state index in [0.29, 0.717) is 0 Å². The number of nitrogens with one attached hydrogen (secondary N) is 1. The molecule has 0 atom stereocenters. The number of hydrogen-bond acceptors (Lipinski definition) is 1. The van der Waals surface area contributed by atoms with Gasteiger partial charge in [-0.05, 0) is 23.3 Å². The Hall–Kier alpha value is -2.35. The van der Waals surface area contributed by atoms with Crippen molar-refractivity contribution < 1.29 is 0 Å². The summed E-state index contributed by atoms with van der Waals surface area (Å²) in [6.07, 6.45) is 5.69. The van der Waals surface area contributed by atoms with E-state index in [1.54, 1.807) is 6.33 Å². The van der Waals surface area contributed by atoms with Crippen LogP contribution in [0.15, 0.2) is 61.1 Å². The summed E-state index contributed by atoms with van der Waals surface area (Å²) < 4.78 is 0. The average molecular weight is 234 g/mol. The molecule has 0 aliphatic carbocycles. The van der Waals surface area contributed by atoms with Gasteiger partial charge in [0.15, 0.2) is 0 Å². The maximum absolute atomic E-state index is 4.10. The number of rotatable bonds is 2. The number of imidazole rings is 1. The van der Waals surface area contributed by atoms with Crippen molar-refractivity contribution in [3.63, 3.8) is 0 Å². The Balaban J connectivity index is 2.26. The van der Waals surface area contributed by atoms with Gasteiger partial charge in [-0.3, -0.25) is 0 Å². The molecule has 0 unspecified atom stereocenters. The van der Waals surface area contributed by atoms with Crippen LogP contribution in [0.25, 0.3) is 16.3 Å². The van der Waals surface area contributed by atoms with Gasteiger partial charge in [0.05, 0.1) is 18.2 Å². The van der Waals surface area contributed by atoms with Gasteiger partial charge in [-0.1, -0.05) is 48.5 Å². The van der Waals surface area contributed by atoms with Gasteiger partial charge in [0.2, 0.25) is 0 Å². The maximum Gasteiger partial charge on any atom is 0.0924 e. The number of benzene rings is 2. The predicted octanol–water partition coefficient (Wildman–Crippen LogP) is 4.01. The number of fused-ring (bicyclic) bond motifs is 1. The molecule has 2 heteroatoms. The van der Waals surface area contributed by atoms with Crippen LogP contribution in [0.2, 0.25) is 0 Å². The van der Waals surface area contributed by atoms with Crippen molar-refractivity contribution in [2.24, 2.45) is 0 Å². The zero-order valence-corrected chi connectivity index (χ0v) is 10.2. The van der Waals surface area contributed by atoms with E-state index in [2.05, 4.69) is 65.4 Å². The van der Waals surface area contributed by atoms with E-state index in [-0.39, 0.29) is 0 Å². The van der Waals surface area contributed by atoms with Gasteiger partial charge in [-0.25, -0.2) is 4.98 Å². The summed E-state index contributed by atoms with van der Waals surface area (Å²) in [5.74, 6) is 0. The Kier molecular flexibility index (Phi) is 2.69. The number of hydrogen-bond donors (Lipinski definition) is 1. The van der Waals surface area contributed by atoms with Gasteiger partial charge >= 0.3 is 0 Å². The molecular weight excluding hydrogens is 220 g/mol. The molecule has 0 aliphatic heterocycles. The van der Waals surface area contributed by atoms with Crippen LogP contribution in [0, 0.1) is 0 Å². The molecule has 1 N–H and O–H groups in total. The fraction of sp³-hybridized carbons (Fsp3) is 0.0625. The summed E-state index contributed by atoms with van der Waals surface area (Å²) in [6, 6.07) is 14.8. The Morgan fingerprint density at radius 2 is 1.94 bits per heavy atom. The fourth-order valence-corrected chi connectivity index (χ4v) is 2.32. The lowest BCUT2D eigenvalue weighted by molar-refractivity contribution is 1.30. The number of allylic oxidation sites excluding steroid dienone is 1. The van der Waals surface area contributed by atoms with Crippen LogP contribution in [-0.4, -0.2) is 9.97 Å². The molecule has 0 amide bonds. The molecule has 2 aromatic carbocycles. The van der Waals surface area contributed by atoms with Crippen LogP contribution in [0.4, 0.5) is 0 Å². The third kappa shape index (κ3) is 1.72. The molecule has 0 saturated carbocycles. The first-order valence-corrected chi connectivity index (χ1v) is 6.03. The van der Waals surface area contributed by atoms with E-state index in [0.717, 1.165) is 5.69 Å². The standard InChI is InChI=1S/C16H14N2/c1-2-13(16-10-17-11-18-16)15-9-5-7-12-6-3-4-8-14(12)15/h2-11H,1H3,(H,17,18)/b13-2-. The summed E-state index contributed by atoms with van der Waals surface area (Å²) in [5.41, 5.74) is 3.47. The first-order chi connectivity index (χ1) is 8.90. The molecule has 3 aromatic rings. The Morgan fingerprint density at radius 1 is 1.11 bits per heavy atom. The third-order valence-corrected chi connectivity index (χ3v) is 3.16. The summed E-state index contributed by atoms with van der Waals surface area (Å²) in [6.45, 7) is 2.05. The zero-order chi connectivity index (χ0) is 12.4. The highest BCUT2D eigenvalue weighted by Crippen LogP contribution is 2.28. The SMILES string of the molecule is C/C=C(\c1cnc[nH]1)c1cccc2ccccc12. The van der Waals surface area contributed by atoms with Crippen LogP contribution in [0.1, 0.15) is 18.2 Å². The number of aromatic amines is 1. The van der Waals surface area contributed by atoms with Crippen molar-refractivity contribution in [2.45, 2.75) is 6.92 Å². The lowest BCUT2D eigenvalue weighted by atomic mass is 9.96. The van der Waals surface area contributed by atoms with Gasteiger partial charge in [0.25, 0.3) is 0 Å². The average Bonchev–Trinajstić information content (AvgIpc) is 2.94. The molecule has 88 valence electrons. The second-order valence-electron chi connectivity index (χ2n) is 4.19. The molecule has 1 aromatic heterocycles. The van der Waals surface area contributed by atoms with Crippen molar-refractivity contribution in [2.75, 3.05) is 0 Å². The summed E-state index contributed by atoms with van der Waals surface area (Å²) in [5, 5.41) is 2.52. The molecule has 0 radical (unpaired) electrons. The van der Waals surface area contributed by atoms with Crippen molar-refractivity contribution in [3.8, 4) is 0 Å². The molecule has 0 saturated heterocycles. The van der Waals surface area contributed by atoms with Gasteiger partial charge in [-0.15, -0.1) is 0 Å². The molecule has 0 spiro atoms. The zero-order valence-electron chi connectivity index (χ0n) is 10.2. The number of H-pyrrole nitrogens is 1. The maximum atomic E-state index is 4.10. The predicted molar refractivity (Wildman–Crippen MR) is 75.3 cm³/mol. The highest BCUT2D eigenvalue weighted by atomic mass is 14.9. The van der Waals surface area contributed by atoms with E-state index >= 15 is 0 Å². The second-order valence-corrected chi connectivity index (χ2v) is 4.19. The summed E-state index contributed by atoms with van der Waals surface area (Å²) >= 11 is 0. The van der Waals surface area contributed by atoms with E-state index < -0.39 is 0 Å². The van der Waals surface area contributed by atoms with Crippen LogP contribution < -0.4 is 0 Å². The molecular formula is C16H14N2. The fourth-order valence-electron chi connectivity index (χ4n) is 2.32. The largest absolute Gasteiger partial charge is 0.345 e. The molecule has 3 rings (SSSR count). The van der Waals surface area contributed by atoms with Gasteiger partial charge in [0.1, 0.15) is 0 Å². The van der Waals surface area contributed by atoms with Gasteiger partial charge < -0.3 is 4.98 Å². The smallest absolute Gasteiger partial charge is 0.0924 e. The first-order valence-electron chi connectivity index (χ1n) is 6.03. The molecule has 18 heavy (non-hydrogen) atoms. The van der Waals surface area contributed by atoms with E-state index in [4.69, 9.17) is 0 Å². The molecule has 0 fully saturated rings. The van der Waals surface area contributed by atoms with Crippen LogP contribution in [0.3, 0.4) is 0 Å². The number of aromatic nitrogens is 2. The monoisotopic (exact) mass is 234 g/mol. The summed E-state index contributed by atoms with van der Waals surface area (Å²) in [4.78, 5) is 7.27. The van der Waals surface area contributed by atoms with Gasteiger partial charge in [-0.2, -0.15) is 0 Å². The van der Waals surface area contributed by atoms with Crippen molar-refractivity contribution in [3.05, 3.63) is 72.3 Å². The Bertz CT molecular complexity index is 689. The number of nitrogens with zero attached hydrogens (tertiary/aromatic N) is 1. The van der Waals surface area contributed by atoms with E-state index in [9.17, 15) is 0 Å². The molecule has 2 nitrogen and oxygen atoms in total. The van der Waals surface area contributed by atoms with Crippen LogP contribution in [0.5, 0.6) is 0 Å². The highest BCUT2D eigenvalue weighted by molar-refractivity contribution is 5.96.